The quantitative estimate of drug-likeness (QED) is 0.857. The highest BCUT2D eigenvalue weighted by atomic mass is 16.5. The fourth-order valence-corrected chi connectivity index (χ4v) is 3.60. The molecule has 2 rings (SSSR count). The smallest absolute Gasteiger partial charge is 0.303 e. The third-order valence-electron chi connectivity index (χ3n) is 4.66. The van der Waals surface area contributed by atoms with Crippen molar-refractivity contribution in [2.45, 2.75) is 57.9 Å². The maximum Gasteiger partial charge on any atom is 0.303 e. The first kappa shape index (κ1) is 15.3. The van der Waals surface area contributed by atoms with Crippen LogP contribution in [-0.2, 0) is 14.3 Å². The van der Waals surface area contributed by atoms with Gasteiger partial charge in [-0.2, -0.15) is 0 Å². The number of carbonyl (C=O) groups excluding carboxylic acids is 1. The molecule has 0 aromatic heterocycles. The molecule has 0 aromatic rings. The SMILES string of the molecule is CC1(C)COCCN1C(=O)CC1(CC(=O)O)CCCC1. The molecular formula is C15H25NO4. The normalized spacial score (nSPS) is 24.6. The summed E-state index contributed by atoms with van der Waals surface area (Å²) in [7, 11) is 0. The molecule has 0 aromatic carbocycles. The third kappa shape index (κ3) is 3.32. The van der Waals surface area contributed by atoms with Gasteiger partial charge in [-0.25, -0.2) is 0 Å². The van der Waals surface area contributed by atoms with Crippen molar-refractivity contribution >= 4 is 11.9 Å². The van der Waals surface area contributed by atoms with Gasteiger partial charge in [-0.3, -0.25) is 9.59 Å². The van der Waals surface area contributed by atoms with Crippen LogP contribution in [0.3, 0.4) is 0 Å². The molecule has 1 saturated heterocycles. The largest absolute Gasteiger partial charge is 0.481 e. The van der Waals surface area contributed by atoms with E-state index < -0.39 is 5.97 Å². The highest BCUT2D eigenvalue weighted by Crippen LogP contribution is 2.44. The molecule has 1 N–H and O–H groups in total. The Bertz CT molecular complexity index is 385. The van der Waals surface area contributed by atoms with Gasteiger partial charge in [0.25, 0.3) is 0 Å². The van der Waals surface area contributed by atoms with E-state index in [-0.39, 0.29) is 23.3 Å². The summed E-state index contributed by atoms with van der Waals surface area (Å²) in [6, 6.07) is 0. The highest BCUT2D eigenvalue weighted by Gasteiger charge is 2.42. The van der Waals surface area contributed by atoms with Crippen molar-refractivity contribution < 1.29 is 19.4 Å². The van der Waals surface area contributed by atoms with Crippen molar-refractivity contribution in [1.82, 2.24) is 4.90 Å². The predicted octanol–water partition coefficient (Wildman–Crippen LogP) is 2.05. The Balaban J connectivity index is 2.06. The fraction of sp³-hybridized carbons (Fsp3) is 0.867. The molecular weight excluding hydrogens is 258 g/mol. The van der Waals surface area contributed by atoms with Crippen LogP contribution in [0.1, 0.15) is 52.4 Å². The lowest BCUT2D eigenvalue weighted by atomic mass is 9.78. The van der Waals surface area contributed by atoms with Gasteiger partial charge in [0.15, 0.2) is 0 Å². The van der Waals surface area contributed by atoms with Crippen LogP contribution in [0.15, 0.2) is 0 Å². The summed E-state index contributed by atoms with van der Waals surface area (Å²) >= 11 is 0. The van der Waals surface area contributed by atoms with E-state index in [1.54, 1.807) is 0 Å². The van der Waals surface area contributed by atoms with Crippen LogP contribution in [0.4, 0.5) is 0 Å². The molecule has 0 unspecified atom stereocenters. The van der Waals surface area contributed by atoms with Gasteiger partial charge >= 0.3 is 5.97 Å². The first-order valence-corrected chi connectivity index (χ1v) is 7.45. The van der Waals surface area contributed by atoms with Crippen LogP contribution < -0.4 is 0 Å². The lowest BCUT2D eigenvalue weighted by Crippen LogP contribution is -2.56. The summed E-state index contributed by atoms with van der Waals surface area (Å²) in [4.78, 5) is 25.6. The fourth-order valence-electron chi connectivity index (χ4n) is 3.60. The van der Waals surface area contributed by atoms with E-state index >= 15 is 0 Å². The van der Waals surface area contributed by atoms with Gasteiger partial charge in [-0.05, 0) is 32.1 Å². The second kappa shape index (κ2) is 5.72. The Morgan fingerprint density at radius 3 is 2.40 bits per heavy atom. The number of morpholine rings is 1. The van der Waals surface area contributed by atoms with Crippen molar-refractivity contribution in [3.05, 3.63) is 0 Å². The third-order valence-corrected chi connectivity index (χ3v) is 4.66. The van der Waals surface area contributed by atoms with Crippen LogP contribution in [0, 0.1) is 5.41 Å². The average molecular weight is 283 g/mol. The number of amides is 1. The van der Waals surface area contributed by atoms with Gasteiger partial charge in [0, 0.05) is 13.0 Å². The molecule has 0 bridgehead atoms. The number of nitrogens with zero attached hydrogens (tertiary/aromatic N) is 1. The van der Waals surface area contributed by atoms with E-state index in [4.69, 9.17) is 9.84 Å². The number of carbonyl (C=O) groups is 2. The summed E-state index contributed by atoms with van der Waals surface area (Å²) in [6.07, 6.45) is 4.26. The molecule has 1 saturated carbocycles. The molecule has 5 nitrogen and oxygen atoms in total. The minimum atomic E-state index is -0.791. The number of hydrogen-bond donors (Lipinski definition) is 1. The zero-order valence-corrected chi connectivity index (χ0v) is 12.5. The molecule has 114 valence electrons. The number of carboxylic acid groups (broad SMARTS) is 1. The van der Waals surface area contributed by atoms with Gasteiger partial charge in [-0.15, -0.1) is 0 Å². The second-order valence-corrected chi connectivity index (χ2v) is 6.86. The van der Waals surface area contributed by atoms with Crippen LogP contribution in [0.25, 0.3) is 0 Å². The molecule has 0 atom stereocenters. The molecule has 2 aliphatic rings. The van der Waals surface area contributed by atoms with E-state index in [1.165, 1.54) is 0 Å². The Labute approximate surface area is 120 Å². The number of aliphatic carboxylic acids is 1. The standard InChI is InChI=1S/C15H25NO4/c1-14(2)11-20-8-7-16(14)12(17)9-15(10-13(18)19)5-3-4-6-15/h3-11H2,1-2H3,(H,18,19). The number of rotatable bonds is 4. The Morgan fingerprint density at radius 1 is 1.20 bits per heavy atom. The lowest BCUT2D eigenvalue weighted by Gasteiger charge is -2.43. The van der Waals surface area contributed by atoms with Crippen LogP contribution in [0.5, 0.6) is 0 Å². The van der Waals surface area contributed by atoms with E-state index in [9.17, 15) is 9.59 Å². The van der Waals surface area contributed by atoms with Crippen molar-refractivity contribution in [3.63, 3.8) is 0 Å². The van der Waals surface area contributed by atoms with Gasteiger partial charge in [0.1, 0.15) is 0 Å². The van der Waals surface area contributed by atoms with E-state index in [1.807, 2.05) is 18.7 Å². The van der Waals surface area contributed by atoms with Crippen LogP contribution >= 0.6 is 0 Å². The zero-order valence-electron chi connectivity index (χ0n) is 12.5. The van der Waals surface area contributed by atoms with Crippen LogP contribution in [-0.4, -0.2) is 47.2 Å². The number of carboxylic acids is 1. The van der Waals surface area contributed by atoms with E-state index in [0.29, 0.717) is 26.2 Å². The van der Waals surface area contributed by atoms with E-state index in [2.05, 4.69) is 0 Å². The van der Waals surface area contributed by atoms with Gasteiger partial charge in [0.05, 0.1) is 25.2 Å². The Hall–Kier alpha value is -1.10. The van der Waals surface area contributed by atoms with Crippen molar-refractivity contribution in [1.29, 1.82) is 0 Å². The number of ether oxygens (including phenoxy) is 1. The van der Waals surface area contributed by atoms with Gasteiger partial charge < -0.3 is 14.7 Å². The van der Waals surface area contributed by atoms with Gasteiger partial charge in [0.2, 0.25) is 5.91 Å². The number of hydrogen-bond acceptors (Lipinski definition) is 3. The molecule has 0 spiro atoms. The second-order valence-electron chi connectivity index (χ2n) is 6.86. The maximum atomic E-state index is 12.6. The molecule has 20 heavy (non-hydrogen) atoms. The molecule has 1 heterocycles. The molecule has 1 amide bonds. The highest BCUT2D eigenvalue weighted by molar-refractivity contribution is 5.79. The molecule has 5 heteroatoms. The average Bonchev–Trinajstić information content (AvgIpc) is 2.75. The molecule has 0 radical (unpaired) electrons. The maximum absolute atomic E-state index is 12.6. The Kier molecular flexibility index (Phi) is 4.37. The van der Waals surface area contributed by atoms with Crippen molar-refractivity contribution in [3.8, 4) is 0 Å². The first-order valence-electron chi connectivity index (χ1n) is 7.45. The summed E-state index contributed by atoms with van der Waals surface area (Å²) in [5.41, 5.74) is -0.615. The van der Waals surface area contributed by atoms with Crippen molar-refractivity contribution in [2.24, 2.45) is 5.41 Å². The Morgan fingerprint density at radius 2 is 1.85 bits per heavy atom. The van der Waals surface area contributed by atoms with Gasteiger partial charge in [-0.1, -0.05) is 12.8 Å². The molecule has 1 aliphatic carbocycles. The zero-order chi connectivity index (χ0) is 14.8. The summed E-state index contributed by atoms with van der Waals surface area (Å²) in [6.45, 7) is 5.73. The monoisotopic (exact) mass is 283 g/mol. The predicted molar refractivity (Wildman–Crippen MR) is 74.4 cm³/mol. The minimum absolute atomic E-state index is 0.0847. The van der Waals surface area contributed by atoms with Crippen molar-refractivity contribution in [2.75, 3.05) is 19.8 Å². The topological polar surface area (TPSA) is 66.8 Å². The molecule has 1 aliphatic heterocycles. The van der Waals surface area contributed by atoms with Crippen LogP contribution in [0.2, 0.25) is 0 Å². The van der Waals surface area contributed by atoms with E-state index in [0.717, 1.165) is 25.7 Å². The lowest BCUT2D eigenvalue weighted by molar-refractivity contribution is -0.150. The summed E-state index contributed by atoms with van der Waals surface area (Å²) in [5.74, 6) is -0.706. The minimum Gasteiger partial charge on any atom is -0.481 e. The molecule has 2 fully saturated rings. The summed E-state index contributed by atoms with van der Waals surface area (Å²) < 4.78 is 5.44. The summed E-state index contributed by atoms with van der Waals surface area (Å²) in [5, 5.41) is 9.12. The first-order chi connectivity index (χ1) is 9.35.